The molecule has 0 N–H and O–H groups in total. The first-order chi connectivity index (χ1) is 22.6. The molecule has 0 radical (unpaired) electrons. The second-order valence-electron chi connectivity index (χ2n) is 14.8. The van der Waals surface area contributed by atoms with Crippen LogP contribution >= 0.6 is 31.9 Å². The molecule has 0 saturated carbocycles. The number of hydrogen-bond acceptors (Lipinski definition) is 2. The van der Waals surface area contributed by atoms with Crippen molar-refractivity contribution in [2.24, 2.45) is 0 Å². The van der Waals surface area contributed by atoms with Gasteiger partial charge in [0.1, 0.15) is 0 Å². The Balaban J connectivity index is 1.95. The van der Waals surface area contributed by atoms with Gasteiger partial charge in [-0.2, -0.15) is 0 Å². The molecule has 0 fully saturated rings. The molecule has 0 aromatic heterocycles. The molecule has 4 heteroatoms. The third-order valence-electron chi connectivity index (χ3n) is 8.73. The van der Waals surface area contributed by atoms with E-state index in [1.54, 1.807) is 0 Å². The van der Waals surface area contributed by atoms with Gasteiger partial charge >= 0.3 is 0 Å². The van der Waals surface area contributed by atoms with Crippen molar-refractivity contribution < 1.29 is 0 Å². The summed E-state index contributed by atoms with van der Waals surface area (Å²) in [5, 5.41) is 0. The number of nitrogens with zero attached hydrogens (tertiary/aromatic N) is 2. The zero-order valence-corrected chi connectivity index (χ0v) is 33.8. The standard InChI is InChI=1S/C44H52Br2N2/c1-12-13-15-37(16-14-25-45)47(41-30(2)26-34(27-31(41)3)43(6,7)8)39-21-23-40(24-22-39)48(38-19-17-36(46)18-20-38)42-32(4)28-35(29-33(42)5)44(9,10)11/h13-29H,12H2,1-11H3/b15-13-,25-14+,37-16+. The van der Waals surface area contributed by atoms with Gasteiger partial charge in [-0.15, -0.1) is 0 Å². The molecule has 0 heterocycles. The summed E-state index contributed by atoms with van der Waals surface area (Å²) in [6, 6.07) is 27.1. The smallest absolute Gasteiger partial charge is 0.0520 e. The van der Waals surface area contributed by atoms with E-state index in [-0.39, 0.29) is 10.8 Å². The summed E-state index contributed by atoms with van der Waals surface area (Å²) in [5.74, 6) is 0. The molecule has 4 aromatic carbocycles. The lowest BCUT2D eigenvalue weighted by atomic mass is 9.84. The van der Waals surface area contributed by atoms with Gasteiger partial charge in [-0.3, -0.25) is 0 Å². The molecule has 4 rings (SSSR count). The van der Waals surface area contributed by atoms with E-state index in [1.165, 1.54) is 44.8 Å². The lowest BCUT2D eigenvalue weighted by molar-refractivity contribution is 0.589. The Labute approximate surface area is 307 Å². The molecule has 0 aliphatic rings. The summed E-state index contributed by atoms with van der Waals surface area (Å²) in [6.45, 7) is 24.8. The molecule has 0 aliphatic carbocycles. The van der Waals surface area contributed by atoms with Gasteiger partial charge < -0.3 is 9.80 Å². The van der Waals surface area contributed by atoms with Gasteiger partial charge in [-0.25, -0.2) is 0 Å². The van der Waals surface area contributed by atoms with E-state index in [4.69, 9.17) is 0 Å². The van der Waals surface area contributed by atoms with E-state index >= 15 is 0 Å². The van der Waals surface area contributed by atoms with Crippen molar-refractivity contribution in [1.82, 2.24) is 0 Å². The van der Waals surface area contributed by atoms with Crippen molar-refractivity contribution in [1.29, 1.82) is 0 Å². The number of halogens is 2. The second-order valence-corrected chi connectivity index (χ2v) is 16.2. The van der Waals surface area contributed by atoms with Crippen molar-refractivity contribution in [2.45, 2.75) is 93.4 Å². The van der Waals surface area contributed by atoms with Crippen molar-refractivity contribution in [2.75, 3.05) is 9.80 Å². The van der Waals surface area contributed by atoms with E-state index in [0.717, 1.165) is 33.7 Å². The Morgan fingerprint density at radius 3 is 1.48 bits per heavy atom. The van der Waals surface area contributed by atoms with Gasteiger partial charge in [0.15, 0.2) is 0 Å². The second kappa shape index (κ2) is 15.5. The van der Waals surface area contributed by atoms with Crippen LogP contribution in [0.1, 0.15) is 88.3 Å². The largest absolute Gasteiger partial charge is 0.310 e. The Bertz CT molecular complexity index is 1770. The molecular formula is C44H52Br2N2. The highest BCUT2D eigenvalue weighted by atomic mass is 79.9. The number of rotatable bonds is 9. The molecule has 0 bridgehead atoms. The predicted octanol–water partition coefficient (Wildman–Crippen LogP) is 14.6. The van der Waals surface area contributed by atoms with Crippen LogP contribution < -0.4 is 9.80 Å². The highest BCUT2D eigenvalue weighted by Gasteiger charge is 2.24. The molecular weight excluding hydrogens is 716 g/mol. The minimum Gasteiger partial charge on any atom is -0.310 e. The molecule has 4 aromatic rings. The third-order valence-corrected chi connectivity index (χ3v) is 9.57. The lowest BCUT2D eigenvalue weighted by Gasteiger charge is -2.33. The van der Waals surface area contributed by atoms with Gasteiger partial charge in [-0.1, -0.05) is 117 Å². The van der Waals surface area contributed by atoms with Crippen LogP contribution in [0, 0.1) is 27.7 Å². The molecule has 0 aliphatic heterocycles. The van der Waals surface area contributed by atoms with Crippen molar-refractivity contribution in [3.63, 3.8) is 0 Å². The summed E-state index contributed by atoms with van der Waals surface area (Å²) >= 11 is 7.14. The SMILES string of the molecule is CC\C=C/C(=C\C=C\Br)N(c1ccc(N(c2ccc(Br)cc2)c2c(C)cc(C(C)(C)C)cc2C)cc1)c1c(C)cc(C(C)(C)C)cc1C. The van der Waals surface area contributed by atoms with Crippen molar-refractivity contribution >= 4 is 60.3 Å². The summed E-state index contributed by atoms with van der Waals surface area (Å²) in [6.07, 6.45) is 9.63. The van der Waals surface area contributed by atoms with Gasteiger partial charge in [0.2, 0.25) is 0 Å². The number of aryl methyl sites for hydroxylation is 4. The predicted molar refractivity (Wildman–Crippen MR) is 219 cm³/mol. The van der Waals surface area contributed by atoms with Crippen LogP contribution in [0.3, 0.4) is 0 Å². The average Bonchev–Trinajstić information content (AvgIpc) is 3.01. The van der Waals surface area contributed by atoms with Crippen molar-refractivity contribution in [3.8, 4) is 0 Å². The molecule has 0 atom stereocenters. The summed E-state index contributed by atoms with van der Waals surface area (Å²) in [7, 11) is 0. The van der Waals surface area contributed by atoms with Crippen LogP contribution in [0.15, 0.2) is 112 Å². The maximum atomic E-state index is 3.65. The van der Waals surface area contributed by atoms with Crippen molar-refractivity contribution in [3.05, 3.63) is 146 Å². The Morgan fingerprint density at radius 2 is 1.06 bits per heavy atom. The molecule has 252 valence electrons. The highest BCUT2D eigenvalue weighted by molar-refractivity contribution is 9.11. The monoisotopic (exact) mass is 766 g/mol. The maximum Gasteiger partial charge on any atom is 0.0520 e. The van der Waals surface area contributed by atoms with E-state index in [9.17, 15) is 0 Å². The van der Waals surface area contributed by atoms with Crippen LogP contribution in [-0.2, 0) is 10.8 Å². The number of benzene rings is 4. The van der Waals surface area contributed by atoms with Crippen LogP contribution in [-0.4, -0.2) is 0 Å². The zero-order valence-electron chi connectivity index (χ0n) is 30.7. The number of allylic oxidation sites excluding steroid dienone is 4. The first kappa shape index (κ1) is 37.5. The van der Waals surface area contributed by atoms with Gasteiger partial charge in [0.25, 0.3) is 0 Å². The minimum atomic E-state index is 0.0673. The van der Waals surface area contributed by atoms with Gasteiger partial charge in [0.05, 0.1) is 11.4 Å². The first-order valence-corrected chi connectivity index (χ1v) is 18.6. The number of anilines is 5. The fourth-order valence-electron chi connectivity index (χ4n) is 6.22. The summed E-state index contributed by atoms with van der Waals surface area (Å²) in [5.41, 5.74) is 14.7. The number of hydrogen-bond donors (Lipinski definition) is 0. The van der Waals surface area contributed by atoms with Crippen LogP contribution in [0.4, 0.5) is 28.4 Å². The van der Waals surface area contributed by atoms with Crippen LogP contribution in [0.25, 0.3) is 0 Å². The fourth-order valence-corrected chi connectivity index (χ4v) is 6.63. The molecule has 0 unspecified atom stereocenters. The molecule has 2 nitrogen and oxygen atoms in total. The molecule has 0 spiro atoms. The molecule has 0 saturated heterocycles. The lowest BCUT2D eigenvalue weighted by Crippen LogP contribution is -2.20. The maximum absolute atomic E-state index is 3.65. The average molecular weight is 769 g/mol. The summed E-state index contributed by atoms with van der Waals surface area (Å²) in [4.78, 5) is 6.70. The van der Waals surface area contributed by atoms with E-state index < -0.39 is 0 Å². The normalized spacial score (nSPS) is 12.7. The molecule has 0 amide bonds. The minimum absolute atomic E-state index is 0.0673. The topological polar surface area (TPSA) is 6.48 Å². The van der Waals surface area contributed by atoms with Crippen LogP contribution in [0.5, 0.6) is 0 Å². The van der Waals surface area contributed by atoms with E-state index in [0.29, 0.717) is 0 Å². The third kappa shape index (κ3) is 8.62. The van der Waals surface area contributed by atoms with E-state index in [1.807, 2.05) is 11.1 Å². The fraction of sp³-hybridized carbons (Fsp3) is 0.318. The first-order valence-electron chi connectivity index (χ1n) is 16.9. The Hall–Kier alpha value is -3.34. The zero-order chi connectivity index (χ0) is 35.4. The van der Waals surface area contributed by atoms with Gasteiger partial charge in [-0.05, 0) is 144 Å². The Morgan fingerprint density at radius 1 is 0.646 bits per heavy atom. The van der Waals surface area contributed by atoms with Gasteiger partial charge in [0, 0.05) is 27.2 Å². The quantitative estimate of drug-likeness (QED) is 0.157. The van der Waals surface area contributed by atoms with E-state index in [2.05, 4.69) is 209 Å². The highest BCUT2D eigenvalue weighted by Crippen LogP contribution is 2.43. The Kier molecular flexibility index (Phi) is 12.1. The molecule has 48 heavy (non-hydrogen) atoms. The summed E-state index contributed by atoms with van der Waals surface area (Å²) < 4.78 is 1.06. The van der Waals surface area contributed by atoms with Crippen LogP contribution in [0.2, 0.25) is 0 Å².